The van der Waals surface area contributed by atoms with Crippen molar-refractivity contribution in [1.82, 2.24) is 15.1 Å². The van der Waals surface area contributed by atoms with E-state index in [4.69, 9.17) is 11.6 Å². The summed E-state index contributed by atoms with van der Waals surface area (Å²) < 4.78 is 1.67. The summed E-state index contributed by atoms with van der Waals surface area (Å²) in [5, 5.41) is 7.19. The topological polar surface area (TPSA) is 46.9 Å². The number of halogens is 1. The minimum atomic E-state index is -0.0270. The van der Waals surface area contributed by atoms with Crippen LogP contribution in [0.3, 0.4) is 0 Å². The Balaban J connectivity index is 1.90. The molecule has 100 valence electrons. The number of carbonyl (C=O) groups is 1. The lowest BCUT2D eigenvalue weighted by molar-refractivity contribution is 0.0944. The fourth-order valence-corrected chi connectivity index (χ4v) is 3.13. The number of nitrogens with one attached hydrogen (secondary N) is 1. The standard InChI is InChI=1S/C13H20ClN3O/c1-9-12(8-17(2)16-9)13(18)15-7-11-5-3-4-10(11)6-14/h8,10-11H,3-7H2,1-2H3,(H,15,18). The summed E-state index contributed by atoms with van der Waals surface area (Å²) in [6, 6.07) is 0. The number of aromatic nitrogens is 2. The van der Waals surface area contributed by atoms with Crippen molar-refractivity contribution in [3.05, 3.63) is 17.5 Å². The van der Waals surface area contributed by atoms with Crippen LogP contribution in [0, 0.1) is 18.8 Å². The molecular weight excluding hydrogens is 250 g/mol. The second kappa shape index (κ2) is 5.74. The van der Waals surface area contributed by atoms with Gasteiger partial charge >= 0.3 is 0 Å². The fraction of sp³-hybridized carbons (Fsp3) is 0.692. The predicted octanol–water partition coefficient (Wildman–Crippen LogP) is 2.11. The molecule has 1 saturated carbocycles. The van der Waals surface area contributed by atoms with Crippen LogP contribution in [0.15, 0.2) is 6.20 Å². The van der Waals surface area contributed by atoms with Gasteiger partial charge < -0.3 is 5.32 Å². The quantitative estimate of drug-likeness (QED) is 0.851. The molecule has 0 spiro atoms. The van der Waals surface area contributed by atoms with Crippen LogP contribution in [0.25, 0.3) is 0 Å². The molecule has 0 aliphatic heterocycles. The summed E-state index contributed by atoms with van der Waals surface area (Å²) in [7, 11) is 1.82. The van der Waals surface area contributed by atoms with Crippen molar-refractivity contribution in [1.29, 1.82) is 0 Å². The highest BCUT2D eigenvalue weighted by Gasteiger charge is 2.27. The zero-order valence-electron chi connectivity index (χ0n) is 10.9. The summed E-state index contributed by atoms with van der Waals surface area (Å²) >= 11 is 5.94. The van der Waals surface area contributed by atoms with Gasteiger partial charge in [0.15, 0.2) is 0 Å². The van der Waals surface area contributed by atoms with Crippen molar-refractivity contribution >= 4 is 17.5 Å². The third-order valence-electron chi connectivity index (χ3n) is 3.80. The predicted molar refractivity (Wildman–Crippen MR) is 71.8 cm³/mol. The van der Waals surface area contributed by atoms with E-state index < -0.39 is 0 Å². The zero-order valence-corrected chi connectivity index (χ0v) is 11.7. The lowest BCUT2D eigenvalue weighted by Gasteiger charge is -2.17. The number of rotatable bonds is 4. The Kier molecular flexibility index (Phi) is 4.27. The zero-order chi connectivity index (χ0) is 13.1. The molecule has 2 rings (SSSR count). The Bertz CT molecular complexity index is 430. The monoisotopic (exact) mass is 269 g/mol. The molecule has 0 saturated heterocycles. The Morgan fingerprint density at radius 2 is 2.28 bits per heavy atom. The molecule has 0 bridgehead atoms. The molecule has 1 heterocycles. The maximum Gasteiger partial charge on any atom is 0.254 e. The molecule has 1 aliphatic rings. The molecule has 18 heavy (non-hydrogen) atoms. The molecule has 1 amide bonds. The van der Waals surface area contributed by atoms with Crippen LogP contribution in [0.5, 0.6) is 0 Å². The minimum absolute atomic E-state index is 0.0270. The maximum absolute atomic E-state index is 12.0. The Morgan fingerprint density at radius 3 is 2.89 bits per heavy atom. The van der Waals surface area contributed by atoms with E-state index in [0.717, 1.165) is 12.2 Å². The second-order valence-corrected chi connectivity index (χ2v) is 5.43. The number of amides is 1. The second-order valence-electron chi connectivity index (χ2n) is 5.12. The summed E-state index contributed by atoms with van der Waals surface area (Å²) in [6.45, 7) is 2.58. The lowest BCUT2D eigenvalue weighted by Crippen LogP contribution is -2.31. The first-order valence-corrected chi connectivity index (χ1v) is 6.99. The van der Waals surface area contributed by atoms with Gasteiger partial charge in [-0.05, 0) is 31.6 Å². The van der Waals surface area contributed by atoms with Crippen molar-refractivity contribution in [2.45, 2.75) is 26.2 Å². The normalized spacial score (nSPS) is 23.3. The van der Waals surface area contributed by atoms with Gasteiger partial charge in [-0.3, -0.25) is 9.48 Å². The summed E-state index contributed by atoms with van der Waals surface area (Å²) in [4.78, 5) is 12.0. The van der Waals surface area contributed by atoms with Crippen LogP contribution < -0.4 is 5.32 Å². The van der Waals surface area contributed by atoms with Gasteiger partial charge in [-0.25, -0.2) is 0 Å². The molecule has 0 radical (unpaired) electrons. The van der Waals surface area contributed by atoms with E-state index in [1.54, 1.807) is 10.9 Å². The van der Waals surface area contributed by atoms with Gasteiger partial charge in [0.1, 0.15) is 0 Å². The molecule has 0 aromatic carbocycles. The van der Waals surface area contributed by atoms with E-state index in [2.05, 4.69) is 10.4 Å². The van der Waals surface area contributed by atoms with Crippen LogP contribution >= 0.6 is 11.6 Å². The van der Waals surface area contributed by atoms with Crippen molar-refractivity contribution in [2.24, 2.45) is 18.9 Å². The average Bonchev–Trinajstić information content (AvgIpc) is 2.92. The van der Waals surface area contributed by atoms with Crippen LogP contribution in [-0.2, 0) is 7.05 Å². The van der Waals surface area contributed by atoms with E-state index in [-0.39, 0.29) is 5.91 Å². The largest absolute Gasteiger partial charge is 0.352 e. The lowest BCUT2D eigenvalue weighted by atomic mass is 9.98. The number of hydrogen-bond acceptors (Lipinski definition) is 2. The first-order chi connectivity index (χ1) is 8.61. The van der Waals surface area contributed by atoms with E-state index in [9.17, 15) is 4.79 Å². The number of hydrogen-bond donors (Lipinski definition) is 1. The number of nitrogens with zero attached hydrogens (tertiary/aromatic N) is 2. The first-order valence-electron chi connectivity index (χ1n) is 6.46. The third-order valence-corrected chi connectivity index (χ3v) is 4.19. The number of aryl methyl sites for hydroxylation is 2. The van der Waals surface area contributed by atoms with Gasteiger partial charge in [-0.2, -0.15) is 5.10 Å². The van der Waals surface area contributed by atoms with Crippen molar-refractivity contribution in [3.8, 4) is 0 Å². The van der Waals surface area contributed by atoms with E-state index in [0.29, 0.717) is 23.3 Å². The van der Waals surface area contributed by atoms with Crippen molar-refractivity contribution in [2.75, 3.05) is 12.4 Å². The third kappa shape index (κ3) is 2.86. The van der Waals surface area contributed by atoms with Gasteiger partial charge in [-0.1, -0.05) is 6.42 Å². The Labute approximate surface area is 113 Å². The Hall–Kier alpha value is -1.03. The van der Waals surface area contributed by atoms with Gasteiger partial charge in [0.2, 0.25) is 0 Å². The number of alkyl halides is 1. The summed E-state index contributed by atoms with van der Waals surface area (Å²) in [6.07, 6.45) is 5.35. The molecule has 2 atom stereocenters. The van der Waals surface area contributed by atoms with E-state index in [1.807, 2.05) is 14.0 Å². The van der Waals surface area contributed by atoms with Crippen LogP contribution in [0.4, 0.5) is 0 Å². The van der Waals surface area contributed by atoms with Crippen LogP contribution in [0.2, 0.25) is 0 Å². The van der Waals surface area contributed by atoms with Gasteiger partial charge in [0.25, 0.3) is 5.91 Å². The van der Waals surface area contributed by atoms with E-state index >= 15 is 0 Å². The van der Waals surface area contributed by atoms with E-state index in [1.165, 1.54) is 19.3 Å². The van der Waals surface area contributed by atoms with Crippen LogP contribution in [0.1, 0.15) is 35.3 Å². The van der Waals surface area contributed by atoms with Gasteiger partial charge in [0, 0.05) is 25.7 Å². The van der Waals surface area contributed by atoms with Crippen molar-refractivity contribution in [3.63, 3.8) is 0 Å². The Morgan fingerprint density at radius 1 is 1.56 bits per heavy atom. The van der Waals surface area contributed by atoms with Gasteiger partial charge in [0.05, 0.1) is 11.3 Å². The minimum Gasteiger partial charge on any atom is -0.352 e. The molecule has 4 nitrogen and oxygen atoms in total. The molecule has 1 fully saturated rings. The average molecular weight is 270 g/mol. The highest BCUT2D eigenvalue weighted by Crippen LogP contribution is 2.31. The summed E-state index contributed by atoms with van der Waals surface area (Å²) in [5.41, 5.74) is 1.44. The molecule has 2 unspecified atom stereocenters. The molecule has 1 aromatic rings. The first kappa shape index (κ1) is 13.4. The molecule has 1 aromatic heterocycles. The molecular formula is C13H20ClN3O. The summed E-state index contributed by atoms with van der Waals surface area (Å²) in [5.74, 6) is 1.76. The fourth-order valence-electron chi connectivity index (χ4n) is 2.73. The van der Waals surface area contributed by atoms with Crippen LogP contribution in [-0.4, -0.2) is 28.1 Å². The maximum atomic E-state index is 12.0. The highest BCUT2D eigenvalue weighted by molar-refractivity contribution is 6.18. The number of carbonyl (C=O) groups excluding carboxylic acids is 1. The highest BCUT2D eigenvalue weighted by atomic mass is 35.5. The molecule has 1 aliphatic carbocycles. The SMILES string of the molecule is Cc1nn(C)cc1C(=O)NCC1CCCC1CCl. The molecule has 5 heteroatoms. The molecule has 1 N–H and O–H groups in total. The smallest absolute Gasteiger partial charge is 0.254 e. The van der Waals surface area contributed by atoms with Crippen molar-refractivity contribution < 1.29 is 4.79 Å². The van der Waals surface area contributed by atoms with Gasteiger partial charge in [-0.15, -0.1) is 11.6 Å².